The van der Waals surface area contributed by atoms with Crippen LogP contribution in [0.1, 0.15) is 32.4 Å². The average molecular weight is 293 g/mol. The van der Waals surface area contributed by atoms with Crippen molar-refractivity contribution in [2.24, 2.45) is 10.9 Å². The van der Waals surface area contributed by atoms with Gasteiger partial charge in [0.1, 0.15) is 5.75 Å². The van der Waals surface area contributed by atoms with Crippen molar-refractivity contribution in [3.8, 4) is 5.75 Å². The van der Waals surface area contributed by atoms with Crippen LogP contribution in [0.3, 0.4) is 0 Å². The molecule has 0 aliphatic rings. The molecule has 0 bridgehead atoms. The van der Waals surface area contributed by atoms with Gasteiger partial charge in [-0.2, -0.15) is 0 Å². The molecule has 5 nitrogen and oxygen atoms in total. The van der Waals surface area contributed by atoms with Crippen LogP contribution < -0.4 is 15.4 Å². The highest BCUT2D eigenvalue weighted by atomic mass is 16.5. The third kappa shape index (κ3) is 6.49. The highest BCUT2D eigenvalue weighted by Crippen LogP contribution is 2.18. The number of methoxy groups -OCH3 is 1. The van der Waals surface area contributed by atoms with Crippen molar-refractivity contribution in [3.63, 3.8) is 0 Å². The predicted molar refractivity (Wildman–Crippen MR) is 86.8 cm³/mol. The van der Waals surface area contributed by atoms with E-state index >= 15 is 0 Å². The van der Waals surface area contributed by atoms with E-state index < -0.39 is 6.10 Å². The lowest BCUT2D eigenvalue weighted by molar-refractivity contribution is 0.180. The van der Waals surface area contributed by atoms with Crippen molar-refractivity contribution in [2.45, 2.75) is 26.9 Å². The zero-order valence-electron chi connectivity index (χ0n) is 13.4. The Hall–Kier alpha value is -1.75. The zero-order chi connectivity index (χ0) is 15.7. The van der Waals surface area contributed by atoms with Crippen molar-refractivity contribution in [2.75, 3.05) is 26.7 Å². The lowest BCUT2D eigenvalue weighted by Crippen LogP contribution is -2.39. The molecule has 0 amide bonds. The van der Waals surface area contributed by atoms with Crippen LogP contribution in [0, 0.1) is 5.92 Å². The van der Waals surface area contributed by atoms with Gasteiger partial charge in [-0.25, -0.2) is 0 Å². The van der Waals surface area contributed by atoms with Crippen LogP contribution in [0.15, 0.2) is 29.3 Å². The Morgan fingerprint density at radius 2 is 2.10 bits per heavy atom. The van der Waals surface area contributed by atoms with Gasteiger partial charge in [-0.1, -0.05) is 26.0 Å². The highest BCUT2D eigenvalue weighted by Gasteiger charge is 2.09. The van der Waals surface area contributed by atoms with Gasteiger partial charge in [0.15, 0.2) is 5.96 Å². The Bertz CT molecular complexity index is 447. The Balaban J connectivity index is 2.59. The summed E-state index contributed by atoms with van der Waals surface area (Å²) in [6, 6.07) is 7.45. The van der Waals surface area contributed by atoms with Gasteiger partial charge in [0.2, 0.25) is 0 Å². The van der Waals surface area contributed by atoms with Gasteiger partial charge in [-0.3, -0.25) is 4.99 Å². The van der Waals surface area contributed by atoms with E-state index in [1.165, 1.54) is 0 Å². The normalized spacial score (nSPS) is 13.1. The maximum Gasteiger partial charge on any atom is 0.191 e. The number of hydrogen-bond donors (Lipinski definition) is 3. The van der Waals surface area contributed by atoms with E-state index in [0.717, 1.165) is 30.4 Å². The number of nitrogens with one attached hydrogen (secondary N) is 2. The number of guanidine groups is 1. The molecule has 0 fully saturated rings. The van der Waals surface area contributed by atoms with Crippen LogP contribution in [0.2, 0.25) is 0 Å². The molecule has 0 radical (unpaired) electrons. The summed E-state index contributed by atoms with van der Waals surface area (Å²) in [5.74, 6) is 1.98. The van der Waals surface area contributed by atoms with Gasteiger partial charge in [-0.15, -0.1) is 0 Å². The first kappa shape index (κ1) is 17.3. The summed E-state index contributed by atoms with van der Waals surface area (Å²) < 4.78 is 5.17. The quantitative estimate of drug-likeness (QED) is 0.531. The largest absolute Gasteiger partial charge is 0.497 e. The Labute approximate surface area is 127 Å². The third-order valence-electron chi connectivity index (χ3n) is 2.90. The number of rotatable bonds is 7. The fraction of sp³-hybridized carbons (Fsp3) is 0.562. The Morgan fingerprint density at radius 3 is 2.71 bits per heavy atom. The second-order valence-corrected chi connectivity index (χ2v) is 5.29. The molecule has 0 saturated carbocycles. The summed E-state index contributed by atoms with van der Waals surface area (Å²) in [7, 11) is 1.62. The molecule has 0 saturated heterocycles. The summed E-state index contributed by atoms with van der Waals surface area (Å²) in [5.41, 5.74) is 0.821. The van der Waals surface area contributed by atoms with Crippen LogP contribution in [-0.4, -0.2) is 37.8 Å². The molecule has 0 heterocycles. The highest BCUT2D eigenvalue weighted by molar-refractivity contribution is 5.79. The van der Waals surface area contributed by atoms with Crippen molar-refractivity contribution >= 4 is 5.96 Å². The molecule has 1 rings (SSSR count). The van der Waals surface area contributed by atoms with Gasteiger partial charge < -0.3 is 20.5 Å². The van der Waals surface area contributed by atoms with Crippen molar-refractivity contribution in [1.82, 2.24) is 10.6 Å². The lowest BCUT2D eigenvalue weighted by atomic mass is 10.1. The third-order valence-corrected chi connectivity index (χ3v) is 2.90. The van der Waals surface area contributed by atoms with Gasteiger partial charge in [0, 0.05) is 19.6 Å². The molecular weight excluding hydrogens is 266 g/mol. The van der Waals surface area contributed by atoms with E-state index in [-0.39, 0.29) is 0 Å². The van der Waals surface area contributed by atoms with Crippen LogP contribution >= 0.6 is 0 Å². The molecular formula is C16H27N3O2. The molecule has 0 aliphatic carbocycles. The number of nitrogens with zero attached hydrogens (tertiary/aromatic N) is 1. The van der Waals surface area contributed by atoms with Crippen LogP contribution in [0.4, 0.5) is 0 Å². The second-order valence-electron chi connectivity index (χ2n) is 5.29. The molecule has 0 aliphatic heterocycles. The van der Waals surface area contributed by atoms with Gasteiger partial charge in [0.05, 0.1) is 13.2 Å². The molecule has 3 N–H and O–H groups in total. The molecule has 5 heteroatoms. The van der Waals surface area contributed by atoms with E-state index in [0.29, 0.717) is 12.5 Å². The first-order valence-corrected chi connectivity index (χ1v) is 7.41. The number of aliphatic hydroxyl groups is 1. The summed E-state index contributed by atoms with van der Waals surface area (Å²) in [5, 5.41) is 16.6. The molecule has 21 heavy (non-hydrogen) atoms. The van der Waals surface area contributed by atoms with Gasteiger partial charge in [-0.05, 0) is 30.5 Å². The van der Waals surface area contributed by atoms with E-state index in [4.69, 9.17) is 4.74 Å². The minimum Gasteiger partial charge on any atom is -0.497 e. The summed E-state index contributed by atoms with van der Waals surface area (Å²) in [6.45, 7) is 8.21. The summed E-state index contributed by atoms with van der Waals surface area (Å²) in [4.78, 5) is 4.47. The number of aliphatic imine (C=N–C) groups is 1. The van der Waals surface area contributed by atoms with E-state index in [9.17, 15) is 5.11 Å². The lowest BCUT2D eigenvalue weighted by Gasteiger charge is -2.16. The maximum atomic E-state index is 10.2. The minimum atomic E-state index is -0.608. The molecule has 0 spiro atoms. The smallest absolute Gasteiger partial charge is 0.191 e. The van der Waals surface area contributed by atoms with Crippen molar-refractivity contribution in [3.05, 3.63) is 29.8 Å². The van der Waals surface area contributed by atoms with E-state index in [2.05, 4.69) is 29.5 Å². The SMILES string of the molecule is CCNC(=NCC(C)C)NCC(O)c1cccc(OC)c1. The van der Waals surface area contributed by atoms with Gasteiger partial charge in [0.25, 0.3) is 0 Å². The standard InChI is InChI=1S/C16H27N3O2/c1-5-17-16(18-10-12(2)3)19-11-15(20)13-7-6-8-14(9-13)21-4/h6-9,12,15,20H,5,10-11H2,1-4H3,(H2,17,18,19). The molecule has 118 valence electrons. The molecule has 0 aromatic heterocycles. The maximum absolute atomic E-state index is 10.2. The molecule has 1 atom stereocenters. The van der Waals surface area contributed by atoms with Crippen molar-refractivity contribution < 1.29 is 9.84 Å². The Morgan fingerprint density at radius 1 is 1.33 bits per heavy atom. The topological polar surface area (TPSA) is 65.9 Å². The van der Waals surface area contributed by atoms with Crippen molar-refractivity contribution in [1.29, 1.82) is 0 Å². The number of benzene rings is 1. The van der Waals surface area contributed by atoms with Crippen LogP contribution in [0.5, 0.6) is 5.75 Å². The fourth-order valence-electron chi connectivity index (χ4n) is 1.78. The number of ether oxygens (including phenoxy) is 1. The van der Waals surface area contributed by atoms with E-state index in [1.54, 1.807) is 7.11 Å². The fourth-order valence-corrected chi connectivity index (χ4v) is 1.78. The number of hydrogen-bond acceptors (Lipinski definition) is 3. The molecule has 1 aromatic rings. The summed E-state index contributed by atoms with van der Waals surface area (Å²) >= 11 is 0. The van der Waals surface area contributed by atoms with Crippen LogP contribution in [-0.2, 0) is 0 Å². The molecule has 1 unspecified atom stereocenters. The monoisotopic (exact) mass is 293 g/mol. The predicted octanol–water partition coefficient (Wildman–Crippen LogP) is 1.94. The minimum absolute atomic E-state index is 0.400. The van der Waals surface area contributed by atoms with Gasteiger partial charge >= 0.3 is 0 Å². The number of aliphatic hydroxyl groups excluding tert-OH is 1. The van der Waals surface area contributed by atoms with E-state index in [1.807, 2.05) is 31.2 Å². The first-order valence-electron chi connectivity index (χ1n) is 7.41. The Kier molecular flexibility index (Phi) is 7.61. The van der Waals surface area contributed by atoms with Crippen LogP contribution in [0.25, 0.3) is 0 Å². The average Bonchev–Trinajstić information content (AvgIpc) is 2.49. The zero-order valence-corrected chi connectivity index (χ0v) is 13.4. The first-order chi connectivity index (χ1) is 10.1. The summed E-state index contributed by atoms with van der Waals surface area (Å²) in [6.07, 6.45) is -0.608. The molecule has 1 aromatic carbocycles. The second kappa shape index (κ2) is 9.23.